The van der Waals surface area contributed by atoms with Crippen molar-refractivity contribution in [3.05, 3.63) is 94.3 Å². The topological polar surface area (TPSA) is 58.4 Å². The molecule has 1 aromatic heterocycles. The van der Waals surface area contributed by atoms with Crippen molar-refractivity contribution < 1.29 is 4.79 Å². The summed E-state index contributed by atoms with van der Waals surface area (Å²) >= 11 is 1.35. The highest BCUT2D eigenvalue weighted by atomic mass is 32.2. The zero-order valence-corrected chi connectivity index (χ0v) is 21.7. The molecule has 0 saturated carbocycles. The van der Waals surface area contributed by atoms with E-state index in [-0.39, 0.29) is 16.7 Å². The van der Waals surface area contributed by atoms with Gasteiger partial charge in [0.05, 0.1) is 21.8 Å². The summed E-state index contributed by atoms with van der Waals surface area (Å²) < 4.78 is 1.66. The van der Waals surface area contributed by atoms with Gasteiger partial charge < -0.3 is 9.80 Å². The first-order valence-electron chi connectivity index (χ1n) is 12.3. The monoisotopic (exact) mass is 498 g/mol. The summed E-state index contributed by atoms with van der Waals surface area (Å²) in [7, 11) is 0. The Morgan fingerprint density at radius 2 is 1.50 bits per heavy atom. The molecule has 1 aliphatic rings. The number of nitrogens with zero attached hydrogens (tertiary/aromatic N) is 4. The average molecular weight is 499 g/mol. The van der Waals surface area contributed by atoms with E-state index in [1.807, 2.05) is 74.2 Å². The van der Waals surface area contributed by atoms with Crippen molar-refractivity contribution in [2.24, 2.45) is 0 Å². The maximum atomic E-state index is 13.6. The Morgan fingerprint density at radius 3 is 2.19 bits per heavy atom. The Kier molecular flexibility index (Phi) is 6.83. The van der Waals surface area contributed by atoms with Gasteiger partial charge in [0.2, 0.25) is 5.91 Å². The minimum atomic E-state index is -0.376. The normalized spacial score (nSPS) is 14.8. The van der Waals surface area contributed by atoms with Gasteiger partial charge in [0.25, 0.3) is 5.56 Å². The van der Waals surface area contributed by atoms with Gasteiger partial charge in [-0.1, -0.05) is 48.2 Å². The smallest absolute Gasteiger partial charge is 0.266 e. The SMILES string of the molecule is Cc1cc(C)cc(-n2c(SC(C)C(=O)N3CCN(c4ccccc4)CC3)nc3ccccc3c2=O)c1. The van der Waals surface area contributed by atoms with E-state index in [1.54, 1.807) is 10.6 Å². The van der Waals surface area contributed by atoms with Crippen LogP contribution in [-0.4, -0.2) is 51.8 Å². The van der Waals surface area contributed by atoms with Crippen molar-refractivity contribution in [3.8, 4) is 5.69 Å². The Bertz CT molecular complexity index is 1440. The molecule has 0 aliphatic carbocycles. The van der Waals surface area contributed by atoms with Crippen LogP contribution in [0, 0.1) is 13.8 Å². The number of carbonyl (C=O) groups is 1. The van der Waals surface area contributed by atoms with Crippen molar-refractivity contribution in [3.63, 3.8) is 0 Å². The summed E-state index contributed by atoms with van der Waals surface area (Å²) in [5.41, 5.74) is 4.62. The highest BCUT2D eigenvalue weighted by Crippen LogP contribution is 2.27. The summed E-state index contributed by atoms with van der Waals surface area (Å²) in [6.07, 6.45) is 0. The summed E-state index contributed by atoms with van der Waals surface area (Å²) in [5, 5.41) is 0.725. The number of amides is 1. The van der Waals surface area contributed by atoms with Gasteiger partial charge in [-0.25, -0.2) is 4.98 Å². The van der Waals surface area contributed by atoms with Crippen LogP contribution in [-0.2, 0) is 4.79 Å². The number of anilines is 1. The van der Waals surface area contributed by atoms with Crippen molar-refractivity contribution in [2.45, 2.75) is 31.2 Å². The number of thioether (sulfide) groups is 1. The molecule has 184 valence electrons. The first kappa shape index (κ1) is 24.1. The second kappa shape index (κ2) is 10.2. The molecule has 1 saturated heterocycles. The molecular weight excluding hydrogens is 468 g/mol. The van der Waals surface area contributed by atoms with E-state index in [4.69, 9.17) is 4.98 Å². The summed E-state index contributed by atoms with van der Waals surface area (Å²) in [5.74, 6) is 0.0714. The van der Waals surface area contributed by atoms with Gasteiger partial charge in [0.1, 0.15) is 0 Å². The number of para-hydroxylation sites is 2. The third-order valence-corrected chi connectivity index (χ3v) is 7.59. The van der Waals surface area contributed by atoms with Gasteiger partial charge in [-0.15, -0.1) is 0 Å². The Balaban J connectivity index is 1.41. The lowest BCUT2D eigenvalue weighted by molar-refractivity contribution is -0.130. The Hall–Kier alpha value is -3.58. The lowest BCUT2D eigenvalue weighted by Crippen LogP contribution is -2.50. The number of carbonyl (C=O) groups excluding carboxylic acids is 1. The first-order chi connectivity index (χ1) is 17.4. The first-order valence-corrected chi connectivity index (χ1v) is 13.1. The lowest BCUT2D eigenvalue weighted by Gasteiger charge is -2.37. The number of rotatable bonds is 5. The van der Waals surface area contributed by atoms with Crippen LogP contribution in [0.4, 0.5) is 5.69 Å². The molecule has 36 heavy (non-hydrogen) atoms. The van der Waals surface area contributed by atoms with E-state index in [1.165, 1.54) is 17.4 Å². The molecule has 0 N–H and O–H groups in total. The third kappa shape index (κ3) is 4.88. The Morgan fingerprint density at radius 1 is 0.861 bits per heavy atom. The van der Waals surface area contributed by atoms with Crippen molar-refractivity contribution >= 4 is 34.3 Å². The molecule has 0 radical (unpaired) electrons. The van der Waals surface area contributed by atoms with E-state index < -0.39 is 0 Å². The zero-order valence-electron chi connectivity index (χ0n) is 20.8. The standard InChI is InChI=1S/C29H30N4O2S/c1-20-17-21(2)19-24(18-20)33-28(35)25-11-7-8-12-26(25)30-29(33)36-22(3)27(34)32-15-13-31(14-16-32)23-9-5-4-6-10-23/h4-12,17-19,22H,13-16H2,1-3H3. The second-order valence-electron chi connectivity index (χ2n) is 9.31. The van der Waals surface area contributed by atoms with Crippen LogP contribution in [0.15, 0.2) is 82.7 Å². The number of hydrogen-bond acceptors (Lipinski definition) is 5. The molecule has 1 fully saturated rings. The van der Waals surface area contributed by atoms with Crippen LogP contribution in [0.25, 0.3) is 16.6 Å². The predicted molar refractivity (Wildman–Crippen MR) is 147 cm³/mol. The maximum Gasteiger partial charge on any atom is 0.266 e. The molecule has 3 aromatic carbocycles. The van der Waals surface area contributed by atoms with E-state index >= 15 is 0 Å². The van der Waals surface area contributed by atoms with Crippen molar-refractivity contribution in [1.29, 1.82) is 0 Å². The van der Waals surface area contributed by atoms with E-state index in [0.29, 0.717) is 29.1 Å². The number of piperazine rings is 1. The second-order valence-corrected chi connectivity index (χ2v) is 10.6. The number of hydrogen-bond donors (Lipinski definition) is 0. The fraction of sp³-hybridized carbons (Fsp3) is 0.276. The fourth-order valence-corrected chi connectivity index (χ4v) is 5.80. The molecule has 5 rings (SSSR count). The quantitative estimate of drug-likeness (QED) is 0.291. The summed E-state index contributed by atoms with van der Waals surface area (Å²) in [6, 6.07) is 23.7. The van der Waals surface area contributed by atoms with Gasteiger partial charge in [-0.3, -0.25) is 14.2 Å². The van der Waals surface area contributed by atoms with Gasteiger partial charge in [-0.05, 0) is 68.3 Å². The number of benzene rings is 3. The molecule has 0 bridgehead atoms. The Labute approximate surface area is 215 Å². The van der Waals surface area contributed by atoms with E-state index in [9.17, 15) is 9.59 Å². The van der Waals surface area contributed by atoms with Crippen LogP contribution < -0.4 is 10.5 Å². The average Bonchev–Trinajstić information content (AvgIpc) is 2.88. The molecule has 7 heteroatoms. The molecular formula is C29H30N4O2S. The van der Waals surface area contributed by atoms with E-state index in [2.05, 4.69) is 23.1 Å². The van der Waals surface area contributed by atoms with Crippen molar-refractivity contribution in [2.75, 3.05) is 31.1 Å². The molecule has 1 aliphatic heterocycles. The molecule has 4 aromatic rings. The minimum Gasteiger partial charge on any atom is -0.368 e. The predicted octanol–water partition coefficient (Wildman–Crippen LogP) is 4.83. The van der Waals surface area contributed by atoms with Crippen LogP contribution in [0.2, 0.25) is 0 Å². The van der Waals surface area contributed by atoms with Gasteiger partial charge in [0, 0.05) is 31.9 Å². The lowest BCUT2D eigenvalue weighted by atomic mass is 10.1. The summed E-state index contributed by atoms with van der Waals surface area (Å²) in [6.45, 7) is 8.89. The highest BCUT2D eigenvalue weighted by Gasteiger charge is 2.27. The van der Waals surface area contributed by atoms with Crippen LogP contribution in [0.1, 0.15) is 18.1 Å². The van der Waals surface area contributed by atoms with Crippen molar-refractivity contribution in [1.82, 2.24) is 14.5 Å². The maximum absolute atomic E-state index is 13.6. The minimum absolute atomic E-state index is 0.0714. The highest BCUT2D eigenvalue weighted by molar-refractivity contribution is 8.00. The van der Waals surface area contributed by atoms with E-state index in [0.717, 1.165) is 29.9 Å². The molecule has 6 nitrogen and oxygen atoms in total. The van der Waals surface area contributed by atoms with Gasteiger partial charge >= 0.3 is 0 Å². The fourth-order valence-electron chi connectivity index (χ4n) is 4.79. The van der Waals surface area contributed by atoms with Crippen LogP contribution in [0.3, 0.4) is 0 Å². The molecule has 1 unspecified atom stereocenters. The third-order valence-electron chi connectivity index (χ3n) is 6.55. The molecule has 1 amide bonds. The number of fused-ring (bicyclic) bond motifs is 1. The van der Waals surface area contributed by atoms with Gasteiger partial charge in [0.15, 0.2) is 5.16 Å². The van der Waals surface area contributed by atoms with Crippen LogP contribution in [0.5, 0.6) is 0 Å². The number of aryl methyl sites for hydroxylation is 2. The van der Waals surface area contributed by atoms with Crippen LogP contribution >= 0.6 is 11.8 Å². The summed E-state index contributed by atoms with van der Waals surface area (Å²) in [4.78, 5) is 36.1. The molecule has 2 heterocycles. The largest absolute Gasteiger partial charge is 0.368 e. The zero-order chi connectivity index (χ0) is 25.2. The molecule has 1 atom stereocenters. The molecule has 0 spiro atoms. The van der Waals surface area contributed by atoms with Gasteiger partial charge in [-0.2, -0.15) is 0 Å². The number of aromatic nitrogens is 2.